The number of methoxy groups -OCH3 is 1. The number of ether oxygens (including phenoxy) is 1. The van der Waals surface area contributed by atoms with Crippen molar-refractivity contribution in [2.24, 2.45) is 5.92 Å². The number of para-hydroxylation sites is 1. The van der Waals surface area contributed by atoms with Gasteiger partial charge in [-0.15, -0.1) is 0 Å². The zero-order valence-electron chi connectivity index (χ0n) is 16.4. The van der Waals surface area contributed by atoms with Gasteiger partial charge < -0.3 is 14.6 Å². The second-order valence-electron chi connectivity index (χ2n) is 7.15. The quantitative estimate of drug-likeness (QED) is 0.690. The first kappa shape index (κ1) is 19.1. The molecule has 0 bridgehead atoms. The van der Waals surface area contributed by atoms with Crippen molar-refractivity contribution in [2.45, 2.75) is 19.4 Å². The number of carbonyl (C=O) groups is 1. The maximum atomic E-state index is 12.5. The van der Waals surface area contributed by atoms with E-state index in [4.69, 9.17) is 9.26 Å². The molecule has 1 aromatic heterocycles. The Morgan fingerprint density at radius 1 is 1.17 bits per heavy atom. The lowest BCUT2D eigenvalue weighted by Crippen LogP contribution is -2.37. The highest BCUT2D eigenvalue weighted by molar-refractivity contribution is 5.92. The minimum absolute atomic E-state index is 0.0292. The molecule has 7 nitrogen and oxygen atoms in total. The van der Waals surface area contributed by atoms with E-state index in [0.717, 1.165) is 42.9 Å². The lowest BCUT2D eigenvalue weighted by Gasteiger charge is -2.30. The molecule has 1 N–H and O–H groups in total. The maximum absolute atomic E-state index is 12.5. The summed E-state index contributed by atoms with van der Waals surface area (Å²) in [5.41, 5.74) is 1.70. The van der Waals surface area contributed by atoms with Crippen LogP contribution in [0.3, 0.4) is 0 Å². The van der Waals surface area contributed by atoms with Gasteiger partial charge in [0, 0.05) is 17.2 Å². The molecule has 1 amide bonds. The number of benzene rings is 2. The van der Waals surface area contributed by atoms with Crippen LogP contribution in [0.4, 0.5) is 5.69 Å². The summed E-state index contributed by atoms with van der Waals surface area (Å²) in [6.07, 6.45) is 1.63. The maximum Gasteiger partial charge on any atom is 0.241 e. The largest absolute Gasteiger partial charge is 0.497 e. The van der Waals surface area contributed by atoms with E-state index in [2.05, 4.69) is 20.4 Å². The predicted molar refractivity (Wildman–Crippen MR) is 109 cm³/mol. The molecule has 0 unspecified atom stereocenters. The van der Waals surface area contributed by atoms with Gasteiger partial charge in [-0.3, -0.25) is 9.69 Å². The molecule has 2 heterocycles. The Hall–Kier alpha value is -3.19. The summed E-state index contributed by atoms with van der Waals surface area (Å²) < 4.78 is 10.7. The van der Waals surface area contributed by atoms with Crippen LogP contribution < -0.4 is 10.1 Å². The molecule has 2 aromatic carbocycles. The van der Waals surface area contributed by atoms with Crippen molar-refractivity contribution >= 4 is 11.6 Å². The van der Waals surface area contributed by atoms with Crippen LogP contribution in [0.15, 0.2) is 59.1 Å². The highest BCUT2D eigenvalue weighted by atomic mass is 16.5. The van der Waals surface area contributed by atoms with Crippen LogP contribution >= 0.6 is 0 Å². The number of piperidine rings is 1. The van der Waals surface area contributed by atoms with Crippen LogP contribution in [-0.4, -0.2) is 41.1 Å². The van der Waals surface area contributed by atoms with Crippen LogP contribution in [0.1, 0.15) is 18.7 Å². The van der Waals surface area contributed by atoms with Gasteiger partial charge in [0.2, 0.25) is 17.6 Å². The molecular weight excluding hydrogens is 368 g/mol. The van der Waals surface area contributed by atoms with Crippen LogP contribution in [0.25, 0.3) is 11.4 Å². The van der Waals surface area contributed by atoms with Crippen molar-refractivity contribution in [3.05, 3.63) is 60.5 Å². The van der Waals surface area contributed by atoms with Crippen molar-refractivity contribution in [1.82, 2.24) is 15.0 Å². The minimum atomic E-state index is 0.0292. The molecule has 1 aliphatic heterocycles. The topological polar surface area (TPSA) is 80.5 Å². The molecule has 0 atom stereocenters. The zero-order valence-corrected chi connectivity index (χ0v) is 16.4. The first-order chi connectivity index (χ1) is 14.2. The first-order valence-electron chi connectivity index (χ1n) is 9.76. The van der Waals surface area contributed by atoms with Gasteiger partial charge in [0.05, 0.1) is 13.7 Å². The summed E-state index contributed by atoms with van der Waals surface area (Å²) in [6.45, 7) is 2.23. The molecule has 3 aromatic rings. The fourth-order valence-corrected chi connectivity index (χ4v) is 3.51. The Kier molecular flexibility index (Phi) is 5.86. The number of rotatable bonds is 6. The van der Waals surface area contributed by atoms with E-state index >= 15 is 0 Å². The Morgan fingerprint density at radius 2 is 1.97 bits per heavy atom. The normalized spacial score (nSPS) is 15.2. The number of likely N-dealkylation sites (tertiary alicyclic amines) is 1. The van der Waals surface area contributed by atoms with E-state index < -0.39 is 0 Å². The van der Waals surface area contributed by atoms with E-state index in [1.54, 1.807) is 7.11 Å². The van der Waals surface area contributed by atoms with E-state index in [-0.39, 0.29) is 11.8 Å². The second kappa shape index (κ2) is 8.87. The summed E-state index contributed by atoms with van der Waals surface area (Å²) in [4.78, 5) is 19.2. The lowest BCUT2D eigenvalue weighted by atomic mass is 9.96. The molecule has 7 heteroatoms. The number of hydrogen-bond donors (Lipinski definition) is 1. The van der Waals surface area contributed by atoms with Crippen molar-refractivity contribution < 1.29 is 14.1 Å². The van der Waals surface area contributed by atoms with Gasteiger partial charge in [-0.1, -0.05) is 35.5 Å². The third-order valence-corrected chi connectivity index (χ3v) is 5.15. The van der Waals surface area contributed by atoms with E-state index in [0.29, 0.717) is 18.3 Å². The molecule has 1 saturated heterocycles. The van der Waals surface area contributed by atoms with Crippen LogP contribution in [-0.2, 0) is 11.3 Å². The molecule has 29 heavy (non-hydrogen) atoms. The fraction of sp³-hybridized carbons (Fsp3) is 0.318. The second-order valence-corrected chi connectivity index (χ2v) is 7.15. The summed E-state index contributed by atoms with van der Waals surface area (Å²) in [7, 11) is 1.63. The molecule has 1 fully saturated rings. The van der Waals surface area contributed by atoms with Crippen molar-refractivity contribution in [3.63, 3.8) is 0 Å². The number of anilines is 1. The van der Waals surface area contributed by atoms with Gasteiger partial charge in [0.1, 0.15) is 5.75 Å². The summed E-state index contributed by atoms with van der Waals surface area (Å²) >= 11 is 0. The molecule has 0 saturated carbocycles. The van der Waals surface area contributed by atoms with Gasteiger partial charge in [0.15, 0.2) is 0 Å². The summed E-state index contributed by atoms with van der Waals surface area (Å²) in [6, 6.07) is 17.2. The SMILES string of the molecule is COc1cccc(-c2noc(CN3CCC(C(=O)Nc4ccccc4)CC3)n2)c1. The summed E-state index contributed by atoms with van der Waals surface area (Å²) in [5.74, 6) is 2.01. The van der Waals surface area contributed by atoms with Gasteiger partial charge in [-0.2, -0.15) is 4.98 Å². The molecule has 0 spiro atoms. The zero-order chi connectivity index (χ0) is 20.1. The van der Waals surface area contributed by atoms with Gasteiger partial charge in [0.25, 0.3) is 0 Å². The average Bonchev–Trinajstić information content (AvgIpc) is 3.23. The average molecular weight is 392 g/mol. The number of nitrogens with one attached hydrogen (secondary N) is 1. The monoisotopic (exact) mass is 392 g/mol. The molecule has 0 radical (unpaired) electrons. The van der Waals surface area contributed by atoms with Crippen molar-refractivity contribution in [1.29, 1.82) is 0 Å². The number of aromatic nitrogens is 2. The Balaban J connectivity index is 1.30. The Morgan fingerprint density at radius 3 is 2.72 bits per heavy atom. The Bertz CT molecular complexity index is 949. The number of amides is 1. The molecule has 0 aliphatic carbocycles. The lowest BCUT2D eigenvalue weighted by molar-refractivity contribution is -0.121. The van der Waals surface area contributed by atoms with E-state index in [1.165, 1.54) is 0 Å². The number of nitrogens with zero attached hydrogens (tertiary/aromatic N) is 3. The minimum Gasteiger partial charge on any atom is -0.497 e. The van der Waals surface area contributed by atoms with Crippen LogP contribution in [0.5, 0.6) is 5.75 Å². The number of carbonyl (C=O) groups excluding carboxylic acids is 1. The van der Waals surface area contributed by atoms with Crippen molar-refractivity contribution in [2.75, 3.05) is 25.5 Å². The molecule has 4 rings (SSSR count). The summed E-state index contributed by atoms with van der Waals surface area (Å²) in [5, 5.41) is 7.08. The van der Waals surface area contributed by atoms with E-state index in [9.17, 15) is 4.79 Å². The van der Waals surface area contributed by atoms with Gasteiger partial charge >= 0.3 is 0 Å². The van der Waals surface area contributed by atoms with Crippen molar-refractivity contribution in [3.8, 4) is 17.1 Å². The van der Waals surface area contributed by atoms with E-state index in [1.807, 2.05) is 54.6 Å². The number of hydrogen-bond acceptors (Lipinski definition) is 6. The first-order valence-corrected chi connectivity index (χ1v) is 9.76. The standard InChI is InChI=1S/C22H24N4O3/c1-28-19-9-5-6-17(14-19)21-24-20(29-25-21)15-26-12-10-16(11-13-26)22(27)23-18-7-3-2-4-8-18/h2-9,14,16H,10-13,15H2,1H3,(H,23,27). The third kappa shape index (κ3) is 4.81. The molecular formula is C22H24N4O3. The molecule has 150 valence electrons. The van der Waals surface area contributed by atoms with Gasteiger partial charge in [-0.25, -0.2) is 0 Å². The Labute approximate surface area is 169 Å². The third-order valence-electron chi connectivity index (χ3n) is 5.15. The van der Waals surface area contributed by atoms with Crippen LogP contribution in [0.2, 0.25) is 0 Å². The smallest absolute Gasteiger partial charge is 0.241 e. The highest BCUT2D eigenvalue weighted by Gasteiger charge is 2.26. The fourth-order valence-electron chi connectivity index (χ4n) is 3.51. The van der Waals surface area contributed by atoms with Gasteiger partial charge in [-0.05, 0) is 50.2 Å². The van der Waals surface area contributed by atoms with Crippen LogP contribution in [0, 0.1) is 5.92 Å². The molecule has 1 aliphatic rings. The highest BCUT2D eigenvalue weighted by Crippen LogP contribution is 2.23. The predicted octanol–water partition coefficient (Wildman–Crippen LogP) is 3.60.